The van der Waals surface area contributed by atoms with Gasteiger partial charge in [-0.25, -0.2) is 9.59 Å². The number of carbonyl (C=O) groups is 2. The first kappa shape index (κ1) is 17.4. The Balaban J connectivity index is 0.000000511. The number of carbonyl (C=O) groups excluding carboxylic acids is 1. The molecule has 20 heavy (non-hydrogen) atoms. The van der Waals surface area contributed by atoms with E-state index in [0.717, 1.165) is 5.56 Å². The number of carboxylic acid groups (broad SMARTS) is 1. The van der Waals surface area contributed by atoms with Gasteiger partial charge in [-0.15, -0.1) is 0 Å². The van der Waals surface area contributed by atoms with Gasteiger partial charge in [-0.3, -0.25) is 0 Å². The van der Waals surface area contributed by atoms with Gasteiger partial charge in [-0.2, -0.15) is 0 Å². The first-order valence-corrected chi connectivity index (χ1v) is 5.81. The average molecular weight is 274 g/mol. The van der Waals surface area contributed by atoms with E-state index >= 15 is 0 Å². The van der Waals surface area contributed by atoms with E-state index < -0.39 is 11.9 Å². The molecule has 4 nitrogen and oxygen atoms in total. The highest BCUT2D eigenvalue weighted by molar-refractivity contribution is 5.87. The molecule has 1 aromatic carbocycles. The minimum atomic E-state index is -0.935. The second kappa shape index (κ2) is 9.33. The zero-order valence-corrected chi connectivity index (χ0v) is 11.6. The van der Waals surface area contributed by atoms with Gasteiger partial charge >= 0.3 is 11.9 Å². The zero-order valence-electron chi connectivity index (χ0n) is 11.6. The largest absolute Gasteiger partial charge is 0.478 e. The summed E-state index contributed by atoms with van der Waals surface area (Å²) in [7, 11) is 0. The molecular weight excluding hydrogens is 256 g/mol. The highest BCUT2D eigenvalue weighted by Gasteiger charge is 1.98. The summed E-state index contributed by atoms with van der Waals surface area (Å²) < 4.78 is 4.79. The number of benzene rings is 1. The van der Waals surface area contributed by atoms with E-state index in [2.05, 4.69) is 13.2 Å². The molecule has 0 saturated heterocycles. The van der Waals surface area contributed by atoms with Gasteiger partial charge in [0.15, 0.2) is 0 Å². The van der Waals surface area contributed by atoms with E-state index in [4.69, 9.17) is 9.84 Å². The molecule has 0 aliphatic rings. The van der Waals surface area contributed by atoms with Crippen molar-refractivity contribution >= 4 is 18.0 Å². The molecule has 1 rings (SSSR count). The quantitative estimate of drug-likeness (QED) is 0.519. The lowest BCUT2D eigenvalue weighted by Crippen LogP contribution is -1.98. The van der Waals surface area contributed by atoms with Crippen LogP contribution in [0.3, 0.4) is 0 Å². The number of aliphatic carboxylic acids is 1. The Hall–Kier alpha value is -2.62. The fraction of sp³-hybridized carbons (Fsp3) is 0.125. The summed E-state index contributed by atoms with van der Waals surface area (Å²) in [6, 6.07) is 9.61. The smallest absolute Gasteiger partial charge is 0.337 e. The van der Waals surface area contributed by atoms with Crippen molar-refractivity contribution in [3.63, 3.8) is 0 Å². The maximum atomic E-state index is 11.0. The predicted molar refractivity (Wildman–Crippen MR) is 78.8 cm³/mol. The maximum Gasteiger partial charge on any atom is 0.337 e. The Morgan fingerprint density at radius 1 is 1.10 bits per heavy atom. The summed E-state index contributed by atoms with van der Waals surface area (Å²) in [6.07, 6.45) is 3.09. The molecule has 0 radical (unpaired) electrons. The monoisotopic (exact) mass is 274 g/mol. The van der Waals surface area contributed by atoms with Gasteiger partial charge in [0.05, 0.1) is 6.26 Å². The average Bonchev–Trinajstić information content (AvgIpc) is 2.40. The van der Waals surface area contributed by atoms with Crippen LogP contribution in [0, 0.1) is 0 Å². The van der Waals surface area contributed by atoms with Gasteiger partial charge < -0.3 is 9.84 Å². The first-order valence-electron chi connectivity index (χ1n) is 5.81. The Bertz CT molecular complexity index is 501. The fourth-order valence-electron chi connectivity index (χ4n) is 0.839. The van der Waals surface area contributed by atoms with Gasteiger partial charge in [-0.1, -0.05) is 43.5 Å². The van der Waals surface area contributed by atoms with Crippen molar-refractivity contribution in [1.29, 1.82) is 0 Å². The van der Waals surface area contributed by atoms with Crippen LogP contribution in [0.4, 0.5) is 0 Å². The minimum Gasteiger partial charge on any atom is -0.478 e. The van der Waals surface area contributed by atoms with Crippen LogP contribution in [0.25, 0.3) is 6.08 Å². The van der Waals surface area contributed by atoms with Crippen molar-refractivity contribution in [2.45, 2.75) is 13.8 Å². The fourth-order valence-corrected chi connectivity index (χ4v) is 0.839. The number of carboxylic acids is 1. The van der Waals surface area contributed by atoms with Crippen molar-refractivity contribution in [1.82, 2.24) is 0 Å². The van der Waals surface area contributed by atoms with Gasteiger partial charge in [-0.05, 0) is 25.5 Å². The number of rotatable bonds is 4. The lowest BCUT2D eigenvalue weighted by atomic mass is 10.2. The Kier molecular flexibility index (Phi) is 8.11. The molecule has 0 unspecified atom stereocenters. The summed E-state index contributed by atoms with van der Waals surface area (Å²) in [5.41, 5.74) is 1.56. The molecular formula is C16H18O4. The van der Waals surface area contributed by atoms with Gasteiger partial charge in [0.2, 0.25) is 0 Å². The van der Waals surface area contributed by atoms with Crippen LogP contribution in [0.2, 0.25) is 0 Å². The van der Waals surface area contributed by atoms with Gasteiger partial charge in [0.25, 0.3) is 0 Å². The zero-order chi connectivity index (χ0) is 15.5. The molecule has 4 heteroatoms. The molecule has 0 aliphatic carbocycles. The van der Waals surface area contributed by atoms with Crippen LogP contribution in [0.5, 0.6) is 0 Å². The minimum absolute atomic E-state index is 0.176. The topological polar surface area (TPSA) is 63.6 Å². The van der Waals surface area contributed by atoms with E-state index in [0.29, 0.717) is 5.57 Å². The van der Waals surface area contributed by atoms with Crippen LogP contribution in [0.1, 0.15) is 19.4 Å². The van der Waals surface area contributed by atoms with Crippen molar-refractivity contribution in [2.24, 2.45) is 0 Å². The molecule has 0 fully saturated rings. The molecule has 0 bridgehead atoms. The summed E-state index contributed by atoms with van der Waals surface area (Å²) in [5.74, 6) is -1.34. The molecule has 0 spiro atoms. The normalized spacial score (nSPS) is 9.30. The Labute approximate surface area is 118 Å². The van der Waals surface area contributed by atoms with Crippen molar-refractivity contribution in [3.8, 4) is 0 Å². The Morgan fingerprint density at radius 3 is 2.00 bits per heavy atom. The summed E-state index contributed by atoms with van der Waals surface area (Å²) >= 11 is 0. The Morgan fingerprint density at radius 2 is 1.60 bits per heavy atom. The molecule has 0 amide bonds. The highest BCUT2D eigenvalue weighted by atomic mass is 16.5. The van der Waals surface area contributed by atoms with Crippen molar-refractivity contribution in [3.05, 3.63) is 66.5 Å². The van der Waals surface area contributed by atoms with E-state index in [9.17, 15) is 9.59 Å². The first-order chi connectivity index (χ1) is 9.34. The number of hydrogen-bond donors (Lipinski definition) is 1. The number of esters is 1. The van der Waals surface area contributed by atoms with Crippen molar-refractivity contribution in [2.75, 3.05) is 0 Å². The lowest BCUT2D eigenvalue weighted by Gasteiger charge is -1.96. The van der Waals surface area contributed by atoms with E-state index in [1.54, 1.807) is 13.0 Å². The number of ether oxygens (including phenoxy) is 1. The molecule has 106 valence electrons. The van der Waals surface area contributed by atoms with Gasteiger partial charge in [0.1, 0.15) is 0 Å². The van der Waals surface area contributed by atoms with Gasteiger partial charge in [0, 0.05) is 11.1 Å². The second-order valence-corrected chi connectivity index (χ2v) is 3.98. The number of hydrogen-bond acceptors (Lipinski definition) is 3. The maximum absolute atomic E-state index is 11.0. The third-order valence-corrected chi connectivity index (χ3v) is 1.95. The molecule has 0 aliphatic heterocycles. The summed E-state index contributed by atoms with van der Waals surface area (Å²) in [4.78, 5) is 20.6. The third-order valence-electron chi connectivity index (χ3n) is 1.95. The van der Waals surface area contributed by atoms with Crippen LogP contribution < -0.4 is 0 Å². The summed E-state index contributed by atoms with van der Waals surface area (Å²) in [6.45, 7) is 9.68. The summed E-state index contributed by atoms with van der Waals surface area (Å²) in [5, 5.41) is 7.89. The van der Waals surface area contributed by atoms with E-state index in [1.165, 1.54) is 13.2 Å². The highest BCUT2D eigenvalue weighted by Crippen LogP contribution is 2.01. The molecule has 1 N–H and O–H groups in total. The second-order valence-electron chi connectivity index (χ2n) is 3.98. The van der Waals surface area contributed by atoms with E-state index in [-0.39, 0.29) is 5.57 Å². The van der Waals surface area contributed by atoms with Crippen LogP contribution >= 0.6 is 0 Å². The van der Waals surface area contributed by atoms with Crippen molar-refractivity contribution < 1.29 is 19.4 Å². The predicted octanol–water partition coefficient (Wildman–Crippen LogP) is 3.42. The van der Waals surface area contributed by atoms with Crippen LogP contribution in [-0.4, -0.2) is 17.0 Å². The molecule has 1 aromatic rings. The molecule has 0 aromatic heterocycles. The SMILES string of the molecule is C=C(C)C(=O)O.C=C(C)C(=O)OC=Cc1ccccc1. The standard InChI is InChI=1S/C12H12O2.C4H6O2/c1-10(2)12(13)14-9-8-11-6-4-3-5-7-11;1-3(2)4(5)6/h3-9H,1H2,2H3;1H2,2H3,(H,5,6). The molecule has 0 atom stereocenters. The van der Waals surface area contributed by atoms with E-state index in [1.807, 2.05) is 30.3 Å². The van der Waals surface area contributed by atoms with Crippen LogP contribution in [-0.2, 0) is 14.3 Å². The molecule has 0 heterocycles. The third kappa shape index (κ3) is 8.47. The lowest BCUT2D eigenvalue weighted by molar-refractivity contribution is -0.134. The van der Waals surface area contributed by atoms with Crippen LogP contribution in [0.15, 0.2) is 60.9 Å². The molecule has 0 saturated carbocycles.